The molecule has 2 amide bonds. The van der Waals surface area contributed by atoms with E-state index in [4.69, 9.17) is 33.7 Å². The average molecular weight is 508 g/mol. The molecule has 0 unspecified atom stereocenters. The lowest BCUT2D eigenvalue weighted by atomic mass is 10.0. The topological polar surface area (TPSA) is 102 Å². The third-order valence-corrected chi connectivity index (χ3v) is 7.00. The van der Waals surface area contributed by atoms with Gasteiger partial charge in [-0.3, -0.25) is 9.59 Å². The van der Waals surface area contributed by atoms with Crippen molar-refractivity contribution in [2.24, 2.45) is 0 Å². The smallest absolute Gasteiger partial charge is 0.261 e. The molecule has 4 rings (SSSR count). The number of ether oxygens (including phenoxy) is 1. The first-order valence-electron chi connectivity index (χ1n) is 10.5. The number of nitrogens with zero attached hydrogens (tertiary/aromatic N) is 4. The van der Waals surface area contributed by atoms with Crippen LogP contribution >= 0.6 is 34.5 Å². The lowest BCUT2D eigenvalue weighted by Crippen LogP contribution is -2.59. The van der Waals surface area contributed by atoms with E-state index in [1.54, 1.807) is 15.9 Å². The second-order valence-electron chi connectivity index (χ2n) is 7.74. The van der Waals surface area contributed by atoms with Crippen LogP contribution < -0.4 is 10.5 Å². The fourth-order valence-electron chi connectivity index (χ4n) is 3.93. The lowest BCUT2D eigenvalue weighted by molar-refractivity contribution is -0.153. The van der Waals surface area contributed by atoms with E-state index in [-0.39, 0.29) is 18.4 Å². The van der Waals surface area contributed by atoms with Crippen molar-refractivity contribution in [1.29, 1.82) is 0 Å². The van der Waals surface area contributed by atoms with Crippen molar-refractivity contribution in [2.75, 3.05) is 25.4 Å². The Hall–Kier alpha value is -2.62. The zero-order valence-corrected chi connectivity index (χ0v) is 20.3. The largest absolute Gasteiger partial charge is 0.481 e. The maximum Gasteiger partial charge on any atom is 0.261 e. The normalized spacial score (nSPS) is 16.5. The van der Waals surface area contributed by atoms with E-state index in [0.717, 1.165) is 22.9 Å². The Morgan fingerprint density at radius 2 is 2.09 bits per heavy atom. The van der Waals surface area contributed by atoms with Crippen LogP contribution in [0.2, 0.25) is 8.67 Å². The van der Waals surface area contributed by atoms with Crippen molar-refractivity contribution in [3.8, 4) is 5.75 Å². The van der Waals surface area contributed by atoms with Crippen LogP contribution in [0.3, 0.4) is 0 Å². The highest BCUT2D eigenvalue weighted by Gasteiger charge is 2.36. The maximum atomic E-state index is 13.3. The Labute approximate surface area is 205 Å². The highest BCUT2D eigenvalue weighted by Crippen LogP contribution is 2.37. The number of hydrogen-bond acceptors (Lipinski definition) is 7. The molecule has 11 heteroatoms. The fourth-order valence-corrected chi connectivity index (χ4v) is 5.30. The Balaban J connectivity index is 1.44. The van der Waals surface area contributed by atoms with E-state index < -0.39 is 6.04 Å². The molecule has 0 aliphatic carbocycles. The lowest BCUT2D eigenvalue weighted by Gasteiger charge is -2.40. The second kappa shape index (κ2) is 10.1. The molecule has 1 atom stereocenters. The van der Waals surface area contributed by atoms with Gasteiger partial charge in [0.05, 0.1) is 9.85 Å². The number of nitrogen functional groups attached to an aromatic ring is 1. The van der Waals surface area contributed by atoms with Gasteiger partial charge in [-0.2, -0.15) is 0 Å². The van der Waals surface area contributed by atoms with Gasteiger partial charge in [-0.05, 0) is 24.1 Å². The Bertz CT molecular complexity index is 1190. The van der Waals surface area contributed by atoms with E-state index in [9.17, 15) is 9.59 Å². The molecule has 1 aromatic carbocycles. The maximum absolute atomic E-state index is 13.3. The Kier molecular flexibility index (Phi) is 7.21. The number of benzene rings is 1. The van der Waals surface area contributed by atoms with Crippen LogP contribution in [0.25, 0.3) is 10.9 Å². The number of rotatable bonds is 7. The van der Waals surface area contributed by atoms with Crippen molar-refractivity contribution < 1.29 is 14.3 Å². The van der Waals surface area contributed by atoms with E-state index >= 15 is 0 Å². The minimum absolute atomic E-state index is 0.0737. The molecule has 2 N–H and O–H groups in total. The highest BCUT2D eigenvalue weighted by molar-refractivity contribution is 7.20. The van der Waals surface area contributed by atoms with Crippen LogP contribution in [0.5, 0.6) is 5.75 Å². The quantitative estimate of drug-likeness (QED) is 0.518. The Morgan fingerprint density at radius 1 is 1.27 bits per heavy atom. The van der Waals surface area contributed by atoms with Gasteiger partial charge in [0, 0.05) is 31.1 Å². The van der Waals surface area contributed by atoms with Crippen LogP contribution in [0.15, 0.2) is 30.6 Å². The van der Waals surface area contributed by atoms with Gasteiger partial charge in [0.15, 0.2) is 12.4 Å². The first-order chi connectivity index (χ1) is 15.9. The summed E-state index contributed by atoms with van der Waals surface area (Å²) >= 11 is 13.2. The van der Waals surface area contributed by atoms with Gasteiger partial charge in [-0.25, -0.2) is 9.97 Å². The summed E-state index contributed by atoms with van der Waals surface area (Å²) in [7, 11) is 0. The Morgan fingerprint density at radius 3 is 2.82 bits per heavy atom. The van der Waals surface area contributed by atoms with E-state index in [0.29, 0.717) is 46.3 Å². The molecule has 8 nitrogen and oxygen atoms in total. The van der Waals surface area contributed by atoms with Gasteiger partial charge in [0.2, 0.25) is 5.91 Å². The highest BCUT2D eigenvalue weighted by atomic mass is 35.5. The number of amides is 2. The summed E-state index contributed by atoms with van der Waals surface area (Å²) < 4.78 is 6.44. The number of thiophene rings is 1. The second-order valence-corrected chi connectivity index (χ2v) is 10.0. The molecular weight excluding hydrogens is 485 g/mol. The number of piperazine rings is 1. The predicted molar refractivity (Wildman–Crippen MR) is 130 cm³/mol. The zero-order chi connectivity index (χ0) is 23.5. The molecule has 1 fully saturated rings. The number of anilines is 1. The molecule has 174 valence electrons. The summed E-state index contributed by atoms with van der Waals surface area (Å²) in [5.74, 6) is 0.469. The molecule has 3 aromatic rings. The van der Waals surface area contributed by atoms with E-state index in [1.165, 1.54) is 17.7 Å². The monoisotopic (exact) mass is 507 g/mol. The van der Waals surface area contributed by atoms with Crippen LogP contribution in [-0.2, 0) is 16.1 Å². The number of carbonyl (C=O) groups is 2. The number of hydrogen-bond donors (Lipinski definition) is 1. The summed E-state index contributed by atoms with van der Waals surface area (Å²) in [5, 5.41) is 0.777. The van der Waals surface area contributed by atoms with Crippen molar-refractivity contribution >= 4 is 63.1 Å². The van der Waals surface area contributed by atoms with Crippen molar-refractivity contribution in [1.82, 2.24) is 19.8 Å². The van der Waals surface area contributed by atoms with Crippen molar-refractivity contribution in [3.63, 3.8) is 0 Å². The standard InChI is InChI=1S/C22H23Cl2N5O3S/c1-2-3-16-22(31)28(10-13-4-5-14-15(8-13)26-12-27-21(14)25)6-7-29(16)19(30)11-32-17-9-18(23)33-20(17)24/h4-5,8-9,12,16H,2-3,6-7,10-11H2,1H3,(H2,25,26,27)/t16-/m0/s1. The predicted octanol–water partition coefficient (Wildman–Crippen LogP) is 4.00. The summed E-state index contributed by atoms with van der Waals surface area (Å²) in [6.07, 6.45) is 2.77. The molecular formula is C22H23Cl2N5O3S. The van der Waals surface area contributed by atoms with Gasteiger partial charge in [-0.1, -0.05) is 42.6 Å². The van der Waals surface area contributed by atoms with Gasteiger partial charge in [0.1, 0.15) is 22.5 Å². The number of halogens is 2. The van der Waals surface area contributed by atoms with Gasteiger partial charge < -0.3 is 20.3 Å². The summed E-state index contributed by atoms with van der Waals surface area (Å²) in [4.78, 5) is 37.9. The summed E-state index contributed by atoms with van der Waals surface area (Å²) in [6, 6.07) is 6.76. The summed E-state index contributed by atoms with van der Waals surface area (Å²) in [5.41, 5.74) is 7.58. The number of carbonyl (C=O) groups excluding carboxylic acids is 2. The molecule has 33 heavy (non-hydrogen) atoms. The molecule has 0 saturated carbocycles. The molecule has 3 heterocycles. The number of nitrogens with two attached hydrogens (primary N) is 1. The summed E-state index contributed by atoms with van der Waals surface area (Å²) in [6.45, 7) is 3.08. The van der Waals surface area contributed by atoms with Crippen molar-refractivity contribution in [2.45, 2.75) is 32.4 Å². The first-order valence-corrected chi connectivity index (χ1v) is 12.1. The van der Waals surface area contributed by atoms with Gasteiger partial charge in [-0.15, -0.1) is 11.3 Å². The number of aromatic nitrogens is 2. The molecule has 1 aliphatic rings. The molecule has 0 radical (unpaired) electrons. The minimum Gasteiger partial charge on any atom is -0.481 e. The van der Waals surface area contributed by atoms with Gasteiger partial charge >= 0.3 is 0 Å². The zero-order valence-electron chi connectivity index (χ0n) is 18.0. The fraction of sp³-hybridized carbons (Fsp3) is 0.364. The van der Waals surface area contributed by atoms with Crippen LogP contribution in [0.1, 0.15) is 25.3 Å². The molecule has 1 saturated heterocycles. The third-order valence-electron chi connectivity index (χ3n) is 5.55. The van der Waals surface area contributed by atoms with E-state index in [1.807, 2.05) is 25.1 Å². The third kappa shape index (κ3) is 5.15. The first kappa shape index (κ1) is 23.5. The number of fused-ring (bicyclic) bond motifs is 1. The van der Waals surface area contributed by atoms with Crippen LogP contribution in [-0.4, -0.2) is 57.3 Å². The minimum atomic E-state index is -0.528. The van der Waals surface area contributed by atoms with E-state index in [2.05, 4.69) is 9.97 Å². The van der Waals surface area contributed by atoms with Crippen molar-refractivity contribution in [3.05, 3.63) is 44.8 Å². The molecule has 0 bridgehead atoms. The molecule has 1 aliphatic heterocycles. The average Bonchev–Trinajstić information content (AvgIpc) is 3.12. The SMILES string of the molecule is CCC[C@H]1C(=O)N(Cc2ccc3c(N)ncnc3c2)CCN1C(=O)COc1cc(Cl)sc1Cl. The van der Waals surface area contributed by atoms with Crippen LogP contribution in [0, 0.1) is 0 Å². The molecule has 0 spiro atoms. The van der Waals surface area contributed by atoms with Crippen LogP contribution in [0.4, 0.5) is 5.82 Å². The van der Waals surface area contributed by atoms with Gasteiger partial charge in [0.25, 0.3) is 5.91 Å². The molecule has 2 aromatic heterocycles.